The van der Waals surface area contributed by atoms with Crippen LogP contribution in [0.3, 0.4) is 0 Å². The first-order valence-corrected chi connectivity index (χ1v) is 6.24. The predicted octanol–water partition coefficient (Wildman–Crippen LogP) is 3.45. The molecule has 0 aromatic carbocycles. The van der Waals surface area contributed by atoms with Crippen molar-refractivity contribution in [2.45, 2.75) is 58.3 Å². The van der Waals surface area contributed by atoms with E-state index in [9.17, 15) is 9.59 Å². The van der Waals surface area contributed by atoms with Crippen molar-refractivity contribution in [1.82, 2.24) is 0 Å². The van der Waals surface area contributed by atoms with E-state index in [2.05, 4.69) is 6.58 Å². The normalized spacial score (nSPS) is 19.1. The van der Waals surface area contributed by atoms with Gasteiger partial charge >= 0.3 is 0 Å². The van der Waals surface area contributed by atoms with Crippen LogP contribution < -0.4 is 0 Å². The molecular formula is C14H22O2. The molecule has 16 heavy (non-hydrogen) atoms. The van der Waals surface area contributed by atoms with Crippen molar-refractivity contribution in [2.75, 3.05) is 0 Å². The Labute approximate surface area is 98.1 Å². The summed E-state index contributed by atoms with van der Waals surface area (Å²) in [7, 11) is 0. The molecule has 0 aromatic rings. The summed E-state index contributed by atoms with van der Waals surface area (Å²) in [6.07, 6.45) is 9.16. The van der Waals surface area contributed by atoms with Crippen LogP contribution in [0.5, 0.6) is 0 Å². The van der Waals surface area contributed by atoms with Crippen molar-refractivity contribution in [2.24, 2.45) is 5.41 Å². The summed E-state index contributed by atoms with van der Waals surface area (Å²) in [6, 6.07) is 0. The first kappa shape index (κ1) is 13.1. The lowest BCUT2D eigenvalue weighted by atomic mass is 9.67. The number of allylic oxidation sites excluding steroid dienone is 1. The van der Waals surface area contributed by atoms with Crippen molar-refractivity contribution in [3.63, 3.8) is 0 Å². The molecule has 1 fully saturated rings. The Morgan fingerprint density at radius 1 is 1.25 bits per heavy atom. The molecule has 2 heteroatoms. The van der Waals surface area contributed by atoms with Crippen LogP contribution in [-0.2, 0) is 9.59 Å². The summed E-state index contributed by atoms with van der Waals surface area (Å²) < 4.78 is 0. The Balaban J connectivity index is 2.71. The third kappa shape index (κ3) is 3.29. The number of hydrogen-bond donors (Lipinski definition) is 0. The summed E-state index contributed by atoms with van der Waals surface area (Å²) in [5, 5.41) is 0. The van der Waals surface area contributed by atoms with E-state index in [1.54, 1.807) is 0 Å². The third-order valence-electron chi connectivity index (χ3n) is 3.64. The number of ketones is 2. The van der Waals surface area contributed by atoms with Gasteiger partial charge in [0.1, 0.15) is 11.6 Å². The van der Waals surface area contributed by atoms with Gasteiger partial charge in [-0.25, -0.2) is 0 Å². The highest BCUT2D eigenvalue weighted by atomic mass is 16.1. The van der Waals surface area contributed by atoms with Crippen LogP contribution in [0, 0.1) is 5.41 Å². The van der Waals surface area contributed by atoms with Gasteiger partial charge in [-0.05, 0) is 32.6 Å². The van der Waals surface area contributed by atoms with Crippen LogP contribution in [-0.4, -0.2) is 11.6 Å². The Morgan fingerprint density at radius 3 is 2.38 bits per heavy atom. The minimum atomic E-state index is -0.210. The molecule has 1 rings (SSSR count). The van der Waals surface area contributed by atoms with Crippen LogP contribution in [0.15, 0.2) is 12.7 Å². The largest absolute Gasteiger partial charge is 0.300 e. The average Bonchev–Trinajstić information content (AvgIpc) is 2.26. The second kappa shape index (κ2) is 5.97. The fourth-order valence-electron chi connectivity index (χ4n) is 2.69. The Kier molecular flexibility index (Phi) is 4.91. The van der Waals surface area contributed by atoms with Crippen LogP contribution >= 0.6 is 0 Å². The Morgan fingerprint density at radius 2 is 1.88 bits per heavy atom. The van der Waals surface area contributed by atoms with Crippen molar-refractivity contribution in [3.05, 3.63) is 12.7 Å². The van der Waals surface area contributed by atoms with Crippen LogP contribution in [0.25, 0.3) is 0 Å². The molecule has 0 atom stereocenters. The van der Waals surface area contributed by atoms with E-state index in [0.717, 1.165) is 38.5 Å². The minimum absolute atomic E-state index is 0.00597. The summed E-state index contributed by atoms with van der Waals surface area (Å²) in [4.78, 5) is 23.3. The highest BCUT2D eigenvalue weighted by molar-refractivity contribution is 6.00. The van der Waals surface area contributed by atoms with Gasteiger partial charge in [0.15, 0.2) is 0 Å². The molecule has 0 saturated heterocycles. The van der Waals surface area contributed by atoms with E-state index in [-0.39, 0.29) is 23.4 Å². The lowest BCUT2D eigenvalue weighted by molar-refractivity contribution is -0.134. The highest BCUT2D eigenvalue weighted by Crippen LogP contribution is 2.41. The highest BCUT2D eigenvalue weighted by Gasteiger charge is 2.38. The average molecular weight is 222 g/mol. The molecule has 0 aliphatic heterocycles. The Bertz CT molecular complexity index is 272. The standard InChI is InChI=1S/C14H22O2/c1-3-4-8-14(9-6-5-7-10-14)13(16)11-12(2)15/h3H,1,4-11H2,2H3. The minimum Gasteiger partial charge on any atom is -0.300 e. The maximum Gasteiger partial charge on any atom is 0.146 e. The molecule has 1 saturated carbocycles. The van der Waals surface area contributed by atoms with Crippen molar-refractivity contribution in [3.8, 4) is 0 Å². The molecule has 0 aromatic heterocycles. The maximum atomic E-state index is 12.2. The molecule has 0 N–H and O–H groups in total. The van der Waals surface area contributed by atoms with Crippen LogP contribution in [0.1, 0.15) is 58.3 Å². The van der Waals surface area contributed by atoms with Crippen LogP contribution in [0.4, 0.5) is 0 Å². The van der Waals surface area contributed by atoms with Gasteiger partial charge in [0.05, 0.1) is 6.42 Å². The second-order valence-corrected chi connectivity index (χ2v) is 4.97. The quantitative estimate of drug-likeness (QED) is 0.509. The van der Waals surface area contributed by atoms with Gasteiger partial charge in [-0.15, -0.1) is 6.58 Å². The van der Waals surface area contributed by atoms with E-state index >= 15 is 0 Å². The fourth-order valence-corrected chi connectivity index (χ4v) is 2.69. The molecule has 0 spiro atoms. The molecule has 1 aliphatic carbocycles. The van der Waals surface area contributed by atoms with E-state index in [0.29, 0.717) is 0 Å². The summed E-state index contributed by atoms with van der Waals surface area (Å²) >= 11 is 0. The lowest BCUT2D eigenvalue weighted by Gasteiger charge is -2.35. The summed E-state index contributed by atoms with van der Waals surface area (Å²) in [5.74, 6) is 0.162. The van der Waals surface area contributed by atoms with E-state index in [1.807, 2.05) is 6.08 Å². The van der Waals surface area contributed by atoms with Gasteiger partial charge in [-0.3, -0.25) is 9.59 Å². The number of Topliss-reactive ketones (excluding diaryl/α,β-unsaturated/α-hetero) is 2. The molecule has 0 heterocycles. The van der Waals surface area contributed by atoms with E-state index in [4.69, 9.17) is 0 Å². The molecule has 0 bridgehead atoms. The smallest absolute Gasteiger partial charge is 0.146 e. The maximum absolute atomic E-state index is 12.2. The topological polar surface area (TPSA) is 34.1 Å². The fraction of sp³-hybridized carbons (Fsp3) is 0.714. The van der Waals surface area contributed by atoms with Gasteiger partial charge in [-0.1, -0.05) is 25.3 Å². The monoisotopic (exact) mass is 222 g/mol. The second-order valence-electron chi connectivity index (χ2n) is 4.97. The molecule has 2 nitrogen and oxygen atoms in total. The van der Waals surface area contributed by atoms with E-state index in [1.165, 1.54) is 13.3 Å². The number of hydrogen-bond acceptors (Lipinski definition) is 2. The number of carbonyl (C=O) groups is 2. The zero-order valence-electron chi connectivity index (χ0n) is 10.3. The van der Waals surface area contributed by atoms with E-state index < -0.39 is 0 Å². The van der Waals surface area contributed by atoms with Gasteiger partial charge in [0, 0.05) is 5.41 Å². The molecule has 1 aliphatic rings. The zero-order valence-corrected chi connectivity index (χ0v) is 10.3. The van der Waals surface area contributed by atoms with Crippen molar-refractivity contribution in [1.29, 1.82) is 0 Å². The SMILES string of the molecule is C=CCCC1(C(=O)CC(C)=O)CCCCC1. The number of rotatable bonds is 6. The van der Waals surface area contributed by atoms with Crippen molar-refractivity contribution < 1.29 is 9.59 Å². The number of carbonyl (C=O) groups excluding carboxylic acids is 2. The molecule has 90 valence electrons. The molecule has 0 amide bonds. The van der Waals surface area contributed by atoms with Gasteiger partial charge in [-0.2, -0.15) is 0 Å². The molecular weight excluding hydrogens is 200 g/mol. The summed E-state index contributed by atoms with van der Waals surface area (Å²) in [6.45, 7) is 5.22. The first-order chi connectivity index (χ1) is 7.60. The first-order valence-electron chi connectivity index (χ1n) is 6.24. The predicted molar refractivity (Wildman–Crippen MR) is 65.3 cm³/mol. The lowest BCUT2D eigenvalue weighted by Crippen LogP contribution is -2.34. The Hall–Kier alpha value is -0.920. The summed E-state index contributed by atoms with van der Waals surface area (Å²) in [5.41, 5.74) is -0.210. The van der Waals surface area contributed by atoms with Crippen LogP contribution in [0.2, 0.25) is 0 Å². The third-order valence-corrected chi connectivity index (χ3v) is 3.64. The molecule has 0 radical (unpaired) electrons. The zero-order chi connectivity index (χ0) is 12.0. The van der Waals surface area contributed by atoms with Crippen molar-refractivity contribution >= 4 is 11.6 Å². The van der Waals surface area contributed by atoms with Gasteiger partial charge in [0.25, 0.3) is 0 Å². The molecule has 0 unspecified atom stereocenters. The van der Waals surface area contributed by atoms with Gasteiger partial charge < -0.3 is 0 Å². The van der Waals surface area contributed by atoms with Gasteiger partial charge in [0.2, 0.25) is 0 Å².